The number of ether oxygens (including phenoxy) is 1. The lowest BCUT2D eigenvalue weighted by Gasteiger charge is -2.06. The average molecular weight is 266 g/mol. The Kier molecular flexibility index (Phi) is 3.93. The fourth-order valence-corrected chi connectivity index (χ4v) is 1.55. The van der Waals surface area contributed by atoms with Crippen molar-refractivity contribution in [1.82, 2.24) is 14.8 Å². The second-order valence-electron chi connectivity index (χ2n) is 3.50. The van der Waals surface area contributed by atoms with Crippen molar-refractivity contribution in [3.8, 4) is 5.75 Å². The zero-order chi connectivity index (χ0) is 13.0. The molecule has 2 heterocycles. The number of nitrogens with zero attached hydrogens (tertiary/aromatic N) is 4. The summed E-state index contributed by atoms with van der Waals surface area (Å²) in [5.74, 6) is 0.421. The monoisotopic (exact) mass is 266 g/mol. The van der Waals surface area contributed by atoms with Crippen molar-refractivity contribution in [3.05, 3.63) is 36.0 Å². The van der Waals surface area contributed by atoms with Crippen LogP contribution in [0.3, 0.4) is 0 Å². The molecule has 0 aromatic carbocycles. The van der Waals surface area contributed by atoms with Gasteiger partial charge in [0.05, 0.1) is 25.0 Å². The summed E-state index contributed by atoms with van der Waals surface area (Å²) in [5.41, 5.74) is 0.289. The van der Waals surface area contributed by atoms with Crippen LogP contribution in [0.15, 0.2) is 28.9 Å². The van der Waals surface area contributed by atoms with Gasteiger partial charge >= 0.3 is 0 Å². The van der Waals surface area contributed by atoms with E-state index >= 15 is 0 Å². The first kappa shape index (κ1) is 12.6. The Morgan fingerprint density at radius 2 is 2.39 bits per heavy atom. The molecule has 0 saturated heterocycles. The number of halogens is 1. The van der Waals surface area contributed by atoms with E-state index in [1.807, 2.05) is 6.92 Å². The van der Waals surface area contributed by atoms with Crippen LogP contribution in [-0.4, -0.2) is 21.4 Å². The van der Waals surface area contributed by atoms with E-state index in [-0.39, 0.29) is 12.2 Å². The van der Waals surface area contributed by atoms with E-state index in [1.165, 1.54) is 16.9 Å². The molecular weight excluding hydrogens is 255 g/mol. The van der Waals surface area contributed by atoms with E-state index in [1.54, 1.807) is 12.3 Å². The standard InChI is InChI=1S/C11H11FN4OS/c1-2-17-8-5-9(12)10(13-6-8)7-16-4-3-11(14-16)15-18/h3-6H,2,7H2,1H3. The summed E-state index contributed by atoms with van der Waals surface area (Å²) < 4.78 is 23.9. The van der Waals surface area contributed by atoms with Gasteiger partial charge in [-0.2, -0.15) is 9.46 Å². The van der Waals surface area contributed by atoms with Crippen LogP contribution < -0.4 is 4.74 Å². The van der Waals surface area contributed by atoms with Crippen molar-refractivity contribution < 1.29 is 9.13 Å². The Morgan fingerprint density at radius 1 is 1.56 bits per heavy atom. The molecule has 2 rings (SSSR count). The van der Waals surface area contributed by atoms with Crippen LogP contribution in [-0.2, 0) is 19.0 Å². The Hall–Kier alpha value is -1.89. The quantitative estimate of drug-likeness (QED) is 0.832. The summed E-state index contributed by atoms with van der Waals surface area (Å²) in [5, 5.41) is 4.03. The van der Waals surface area contributed by atoms with Crippen molar-refractivity contribution in [2.75, 3.05) is 6.61 Å². The molecule has 18 heavy (non-hydrogen) atoms. The first-order chi connectivity index (χ1) is 8.72. The summed E-state index contributed by atoms with van der Waals surface area (Å²) in [6.45, 7) is 2.53. The van der Waals surface area contributed by atoms with Gasteiger partial charge in [-0.05, 0) is 6.92 Å². The molecule has 0 saturated carbocycles. The van der Waals surface area contributed by atoms with Crippen molar-refractivity contribution >= 4 is 18.2 Å². The number of aromatic nitrogens is 3. The fraction of sp³-hybridized carbons (Fsp3) is 0.273. The van der Waals surface area contributed by atoms with Gasteiger partial charge in [0.1, 0.15) is 11.6 Å². The molecule has 0 atom stereocenters. The molecule has 7 heteroatoms. The highest BCUT2D eigenvalue weighted by Crippen LogP contribution is 2.15. The predicted molar refractivity (Wildman–Crippen MR) is 66.1 cm³/mol. The van der Waals surface area contributed by atoms with E-state index in [2.05, 4.69) is 26.9 Å². The Balaban J connectivity index is 2.16. The van der Waals surface area contributed by atoms with Gasteiger partial charge in [-0.15, -0.1) is 0 Å². The van der Waals surface area contributed by atoms with Crippen molar-refractivity contribution in [2.45, 2.75) is 13.5 Å². The van der Waals surface area contributed by atoms with E-state index in [4.69, 9.17) is 4.74 Å². The number of hydrogen-bond acceptors (Lipinski definition) is 5. The molecule has 0 spiro atoms. The van der Waals surface area contributed by atoms with Gasteiger partial charge in [0, 0.05) is 30.8 Å². The Morgan fingerprint density at radius 3 is 3.00 bits per heavy atom. The highest BCUT2D eigenvalue weighted by Gasteiger charge is 2.07. The third kappa shape index (κ3) is 2.86. The van der Waals surface area contributed by atoms with Gasteiger partial charge in [0.25, 0.3) is 0 Å². The maximum absolute atomic E-state index is 13.7. The lowest BCUT2D eigenvalue weighted by atomic mass is 10.3. The van der Waals surface area contributed by atoms with Crippen molar-refractivity contribution in [2.24, 2.45) is 4.36 Å². The first-order valence-corrected chi connectivity index (χ1v) is 5.73. The van der Waals surface area contributed by atoms with Gasteiger partial charge in [-0.1, -0.05) is 0 Å². The molecular formula is C11H11FN4OS. The summed E-state index contributed by atoms with van der Waals surface area (Å²) in [7, 11) is 0. The van der Waals surface area contributed by atoms with Crippen LogP contribution in [0.25, 0.3) is 0 Å². The van der Waals surface area contributed by atoms with Gasteiger partial charge in [0.2, 0.25) is 0 Å². The first-order valence-electron chi connectivity index (χ1n) is 5.37. The smallest absolute Gasteiger partial charge is 0.187 e. The van der Waals surface area contributed by atoms with E-state index in [9.17, 15) is 4.39 Å². The third-order valence-corrected chi connectivity index (χ3v) is 2.42. The second kappa shape index (κ2) is 5.63. The number of hydrogen-bond donors (Lipinski definition) is 0. The molecule has 5 nitrogen and oxygen atoms in total. The number of pyridine rings is 1. The molecule has 2 aromatic heterocycles. The topological polar surface area (TPSA) is 52.3 Å². The normalized spacial score (nSPS) is 10.3. The van der Waals surface area contributed by atoms with Gasteiger partial charge in [-0.25, -0.2) is 4.39 Å². The number of rotatable bonds is 5. The second-order valence-corrected chi connectivity index (χ2v) is 3.68. The molecule has 2 aromatic rings. The molecule has 0 amide bonds. The maximum atomic E-state index is 13.7. The zero-order valence-electron chi connectivity index (χ0n) is 9.71. The van der Waals surface area contributed by atoms with Crippen molar-refractivity contribution in [1.29, 1.82) is 0 Å². The Labute approximate surface area is 109 Å². The lowest BCUT2D eigenvalue weighted by Crippen LogP contribution is -2.05. The average Bonchev–Trinajstić information content (AvgIpc) is 2.81. The summed E-state index contributed by atoms with van der Waals surface area (Å²) in [6, 6.07) is 2.97. The molecule has 0 bridgehead atoms. The largest absolute Gasteiger partial charge is 0.492 e. The van der Waals surface area contributed by atoms with Crippen LogP contribution in [0, 0.1) is 5.82 Å². The summed E-state index contributed by atoms with van der Waals surface area (Å²) >= 11 is 4.51. The maximum Gasteiger partial charge on any atom is 0.187 e. The lowest BCUT2D eigenvalue weighted by molar-refractivity contribution is 0.336. The van der Waals surface area contributed by atoms with Crippen LogP contribution in [0.5, 0.6) is 5.75 Å². The highest BCUT2D eigenvalue weighted by molar-refractivity contribution is 7.47. The van der Waals surface area contributed by atoms with Gasteiger partial charge in [-0.3, -0.25) is 9.67 Å². The molecule has 0 fully saturated rings. The van der Waals surface area contributed by atoms with E-state index in [0.29, 0.717) is 18.2 Å². The van der Waals surface area contributed by atoms with E-state index in [0.717, 1.165) is 0 Å². The summed E-state index contributed by atoms with van der Waals surface area (Å²) in [6.07, 6.45) is 3.16. The predicted octanol–water partition coefficient (Wildman–Crippen LogP) is 2.23. The van der Waals surface area contributed by atoms with E-state index < -0.39 is 5.82 Å². The van der Waals surface area contributed by atoms with Gasteiger partial charge < -0.3 is 4.74 Å². The Bertz CT molecular complexity index is 558. The minimum atomic E-state index is -0.423. The SMILES string of the molecule is CCOc1cnc(Cn2ccc(N=S)n2)c(F)c1. The fourth-order valence-electron chi connectivity index (χ4n) is 1.45. The molecule has 0 aliphatic rings. The molecule has 0 radical (unpaired) electrons. The van der Waals surface area contributed by atoms with Crippen LogP contribution in [0.1, 0.15) is 12.6 Å². The zero-order valence-corrected chi connectivity index (χ0v) is 10.5. The minimum absolute atomic E-state index is 0.225. The summed E-state index contributed by atoms with van der Waals surface area (Å²) in [4.78, 5) is 4.01. The minimum Gasteiger partial charge on any atom is -0.492 e. The highest BCUT2D eigenvalue weighted by atomic mass is 32.1. The van der Waals surface area contributed by atoms with Crippen molar-refractivity contribution in [3.63, 3.8) is 0 Å². The van der Waals surface area contributed by atoms with Crippen LogP contribution >= 0.6 is 0 Å². The molecule has 0 aliphatic heterocycles. The molecule has 0 aliphatic carbocycles. The molecule has 0 unspecified atom stereocenters. The van der Waals surface area contributed by atoms with Gasteiger partial charge in [0.15, 0.2) is 5.82 Å². The van der Waals surface area contributed by atoms with Crippen LogP contribution in [0.2, 0.25) is 0 Å². The molecule has 94 valence electrons. The molecule has 0 N–H and O–H groups in total. The third-order valence-electron chi connectivity index (χ3n) is 2.24. The van der Waals surface area contributed by atoms with Crippen LogP contribution in [0.4, 0.5) is 10.2 Å².